The van der Waals surface area contributed by atoms with Gasteiger partial charge in [0.25, 0.3) is 0 Å². The van der Waals surface area contributed by atoms with Gasteiger partial charge in [0.2, 0.25) is 0 Å². The van der Waals surface area contributed by atoms with E-state index in [0.29, 0.717) is 6.04 Å². The molecular weight excluding hydrogens is 182 g/mol. The third-order valence-electron chi connectivity index (χ3n) is 2.14. The van der Waals surface area contributed by atoms with E-state index in [1.54, 1.807) is 0 Å². The van der Waals surface area contributed by atoms with Crippen LogP contribution in [0.1, 0.15) is 25.8 Å². The van der Waals surface area contributed by atoms with E-state index in [1.807, 2.05) is 12.1 Å². The lowest BCUT2D eigenvalue weighted by Gasteiger charge is -2.14. The Bertz CT molecular complexity index is 283. The van der Waals surface area contributed by atoms with Crippen LogP contribution in [0.25, 0.3) is 0 Å². The van der Waals surface area contributed by atoms with Gasteiger partial charge >= 0.3 is 0 Å². The van der Waals surface area contributed by atoms with Gasteiger partial charge in [-0.15, -0.1) is 0 Å². The minimum atomic E-state index is 0.472. The minimum absolute atomic E-state index is 0.472. The summed E-state index contributed by atoms with van der Waals surface area (Å²) in [7, 11) is 0. The van der Waals surface area contributed by atoms with Crippen molar-refractivity contribution in [2.75, 3.05) is 5.32 Å². The average Bonchev–Trinajstić information content (AvgIpc) is 2.11. The zero-order chi connectivity index (χ0) is 9.84. The maximum absolute atomic E-state index is 6.03. The van der Waals surface area contributed by atoms with E-state index in [-0.39, 0.29) is 0 Å². The number of anilines is 1. The third kappa shape index (κ3) is 2.92. The van der Waals surface area contributed by atoms with Crippen LogP contribution in [0.5, 0.6) is 0 Å². The molecule has 72 valence electrons. The van der Waals surface area contributed by atoms with E-state index in [1.165, 1.54) is 5.56 Å². The molecule has 1 nitrogen and oxygen atoms in total. The van der Waals surface area contributed by atoms with Crippen molar-refractivity contribution < 1.29 is 0 Å². The molecule has 0 aliphatic rings. The first-order valence-electron chi connectivity index (χ1n) is 4.66. The zero-order valence-electron chi connectivity index (χ0n) is 8.39. The quantitative estimate of drug-likeness (QED) is 0.776. The number of halogens is 1. The summed E-state index contributed by atoms with van der Waals surface area (Å²) in [6.07, 6.45) is 1.10. The highest BCUT2D eigenvalue weighted by Crippen LogP contribution is 2.23. The van der Waals surface area contributed by atoms with Crippen molar-refractivity contribution in [2.45, 2.75) is 33.2 Å². The van der Waals surface area contributed by atoms with Crippen LogP contribution in [0.3, 0.4) is 0 Å². The first-order chi connectivity index (χ1) is 6.13. The topological polar surface area (TPSA) is 12.0 Å². The fourth-order valence-corrected chi connectivity index (χ4v) is 1.29. The van der Waals surface area contributed by atoms with Crippen LogP contribution in [-0.2, 0) is 0 Å². The van der Waals surface area contributed by atoms with Gasteiger partial charge in [-0.2, -0.15) is 0 Å². The third-order valence-corrected chi connectivity index (χ3v) is 2.47. The molecule has 0 aliphatic heterocycles. The summed E-state index contributed by atoms with van der Waals surface area (Å²) in [4.78, 5) is 0. The lowest BCUT2D eigenvalue weighted by molar-refractivity contribution is 0.764. The Hall–Kier alpha value is -0.690. The summed E-state index contributed by atoms with van der Waals surface area (Å²) in [5.74, 6) is 0. The van der Waals surface area contributed by atoms with E-state index in [9.17, 15) is 0 Å². The van der Waals surface area contributed by atoms with E-state index >= 15 is 0 Å². The van der Waals surface area contributed by atoms with Crippen molar-refractivity contribution >= 4 is 17.3 Å². The van der Waals surface area contributed by atoms with Gasteiger partial charge in [0.1, 0.15) is 0 Å². The highest BCUT2D eigenvalue weighted by atomic mass is 35.5. The Labute approximate surface area is 85.1 Å². The number of hydrogen-bond acceptors (Lipinski definition) is 1. The van der Waals surface area contributed by atoms with Crippen molar-refractivity contribution in [1.29, 1.82) is 0 Å². The standard InChI is InChI=1S/C11H16ClN/c1-4-9(3)13-11-7-8(2)5-6-10(11)12/h5-7,9,13H,4H2,1-3H3. The summed E-state index contributed by atoms with van der Waals surface area (Å²) in [5.41, 5.74) is 2.27. The van der Waals surface area contributed by atoms with Crippen molar-refractivity contribution in [1.82, 2.24) is 0 Å². The molecule has 0 saturated heterocycles. The number of benzene rings is 1. The molecule has 0 aliphatic carbocycles. The molecule has 0 bridgehead atoms. The predicted octanol–water partition coefficient (Wildman–Crippen LogP) is 3.86. The molecule has 13 heavy (non-hydrogen) atoms. The first kappa shape index (κ1) is 10.4. The number of hydrogen-bond donors (Lipinski definition) is 1. The molecule has 0 fully saturated rings. The maximum Gasteiger partial charge on any atom is 0.0637 e. The van der Waals surface area contributed by atoms with Gasteiger partial charge in [-0.3, -0.25) is 0 Å². The molecule has 1 rings (SSSR count). The smallest absolute Gasteiger partial charge is 0.0637 e. The summed E-state index contributed by atoms with van der Waals surface area (Å²) < 4.78 is 0. The number of aryl methyl sites for hydroxylation is 1. The molecule has 1 aromatic carbocycles. The molecule has 2 heteroatoms. The Kier molecular flexibility index (Phi) is 3.61. The Morgan fingerprint density at radius 1 is 1.46 bits per heavy atom. The molecule has 0 saturated carbocycles. The molecule has 0 spiro atoms. The van der Waals surface area contributed by atoms with Crippen molar-refractivity contribution in [3.8, 4) is 0 Å². The van der Waals surface area contributed by atoms with Crippen molar-refractivity contribution in [3.05, 3.63) is 28.8 Å². The first-order valence-corrected chi connectivity index (χ1v) is 5.04. The van der Waals surface area contributed by atoms with Crippen molar-refractivity contribution in [3.63, 3.8) is 0 Å². The van der Waals surface area contributed by atoms with Crippen LogP contribution < -0.4 is 5.32 Å². The Morgan fingerprint density at radius 2 is 2.15 bits per heavy atom. The monoisotopic (exact) mass is 197 g/mol. The molecule has 1 N–H and O–H groups in total. The van der Waals surface area contributed by atoms with Gasteiger partial charge in [0.15, 0.2) is 0 Å². The van der Waals surface area contributed by atoms with Crippen LogP contribution >= 0.6 is 11.6 Å². The van der Waals surface area contributed by atoms with Crippen LogP contribution in [0, 0.1) is 6.92 Å². The molecule has 1 aromatic rings. The van der Waals surface area contributed by atoms with Crippen LogP contribution in [0.4, 0.5) is 5.69 Å². The maximum atomic E-state index is 6.03. The zero-order valence-corrected chi connectivity index (χ0v) is 9.15. The van der Waals surface area contributed by atoms with E-state index < -0.39 is 0 Å². The lowest BCUT2D eigenvalue weighted by atomic mass is 10.2. The molecule has 0 aromatic heterocycles. The summed E-state index contributed by atoms with van der Waals surface area (Å²) in [6.45, 7) is 6.37. The van der Waals surface area contributed by atoms with Crippen LogP contribution in [0.15, 0.2) is 18.2 Å². The van der Waals surface area contributed by atoms with Gasteiger partial charge < -0.3 is 5.32 Å². The second-order valence-electron chi connectivity index (χ2n) is 3.44. The Balaban J connectivity index is 2.81. The van der Waals surface area contributed by atoms with Gasteiger partial charge in [-0.25, -0.2) is 0 Å². The number of nitrogens with one attached hydrogen (secondary N) is 1. The molecule has 0 radical (unpaired) electrons. The van der Waals surface area contributed by atoms with Crippen LogP contribution in [-0.4, -0.2) is 6.04 Å². The Morgan fingerprint density at radius 3 is 2.77 bits per heavy atom. The molecule has 0 amide bonds. The van der Waals surface area contributed by atoms with E-state index in [2.05, 4.69) is 32.2 Å². The summed E-state index contributed by atoms with van der Waals surface area (Å²) >= 11 is 6.03. The van der Waals surface area contributed by atoms with E-state index in [0.717, 1.165) is 17.1 Å². The largest absolute Gasteiger partial charge is 0.381 e. The van der Waals surface area contributed by atoms with Gasteiger partial charge in [-0.05, 0) is 38.0 Å². The lowest BCUT2D eigenvalue weighted by Crippen LogP contribution is -2.13. The van der Waals surface area contributed by atoms with Crippen LogP contribution in [0.2, 0.25) is 5.02 Å². The van der Waals surface area contributed by atoms with Gasteiger partial charge in [0, 0.05) is 6.04 Å². The SMILES string of the molecule is CCC(C)Nc1cc(C)ccc1Cl. The highest BCUT2D eigenvalue weighted by Gasteiger charge is 2.02. The van der Waals surface area contributed by atoms with Crippen molar-refractivity contribution in [2.24, 2.45) is 0 Å². The predicted molar refractivity (Wildman–Crippen MR) is 59.6 cm³/mol. The fourth-order valence-electron chi connectivity index (χ4n) is 1.12. The van der Waals surface area contributed by atoms with Gasteiger partial charge in [-0.1, -0.05) is 24.6 Å². The minimum Gasteiger partial charge on any atom is -0.381 e. The van der Waals surface area contributed by atoms with Gasteiger partial charge in [0.05, 0.1) is 10.7 Å². The molecule has 1 unspecified atom stereocenters. The number of rotatable bonds is 3. The molecule has 0 heterocycles. The second kappa shape index (κ2) is 4.52. The molecular formula is C11H16ClN. The average molecular weight is 198 g/mol. The summed E-state index contributed by atoms with van der Waals surface area (Å²) in [6, 6.07) is 6.50. The molecule has 1 atom stereocenters. The summed E-state index contributed by atoms with van der Waals surface area (Å²) in [5, 5.41) is 4.17. The van der Waals surface area contributed by atoms with E-state index in [4.69, 9.17) is 11.6 Å². The second-order valence-corrected chi connectivity index (χ2v) is 3.84. The highest BCUT2D eigenvalue weighted by molar-refractivity contribution is 6.33. The normalized spacial score (nSPS) is 12.6. The fraction of sp³-hybridized carbons (Fsp3) is 0.455.